The lowest BCUT2D eigenvalue weighted by Gasteiger charge is -2.20. The fourth-order valence-corrected chi connectivity index (χ4v) is 3.66. The number of ketones is 1. The van der Waals surface area contributed by atoms with E-state index in [-0.39, 0.29) is 5.92 Å². The molecule has 0 aliphatic heterocycles. The van der Waals surface area contributed by atoms with Crippen LogP contribution in [0.1, 0.15) is 37.7 Å². The van der Waals surface area contributed by atoms with Crippen LogP contribution in [0.4, 0.5) is 5.13 Å². The van der Waals surface area contributed by atoms with Gasteiger partial charge in [0.25, 0.3) is 0 Å². The summed E-state index contributed by atoms with van der Waals surface area (Å²) in [4.78, 5) is 16.5. The number of thiazole rings is 1. The van der Waals surface area contributed by atoms with E-state index in [1.807, 2.05) is 12.1 Å². The predicted octanol–water partition coefficient (Wildman–Crippen LogP) is 3.57. The molecule has 0 spiro atoms. The highest BCUT2D eigenvalue weighted by Gasteiger charge is 2.21. The number of benzene rings is 1. The van der Waals surface area contributed by atoms with Crippen molar-refractivity contribution in [2.24, 2.45) is 5.92 Å². The summed E-state index contributed by atoms with van der Waals surface area (Å²) in [6, 6.07) is 6.03. The van der Waals surface area contributed by atoms with E-state index in [1.54, 1.807) is 0 Å². The number of carbonyl (C=O) groups excluding carboxylic acids is 1. The number of anilines is 1. The van der Waals surface area contributed by atoms with Crippen molar-refractivity contribution in [3.05, 3.63) is 23.8 Å². The van der Waals surface area contributed by atoms with Crippen molar-refractivity contribution in [1.29, 1.82) is 0 Å². The molecule has 0 atom stereocenters. The molecule has 0 unspecified atom stereocenters. The van der Waals surface area contributed by atoms with Crippen LogP contribution in [0.3, 0.4) is 0 Å². The third-order valence-electron chi connectivity index (χ3n) is 3.91. The van der Waals surface area contributed by atoms with E-state index < -0.39 is 0 Å². The average molecular weight is 274 g/mol. The molecule has 1 saturated carbocycles. The van der Waals surface area contributed by atoms with Crippen LogP contribution in [0, 0.1) is 5.92 Å². The van der Waals surface area contributed by atoms with E-state index in [9.17, 15) is 4.79 Å². The van der Waals surface area contributed by atoms with Crippen LogP contribution in [0.15, 0.2) is 18.2 Å². The number of aromatic nitrogens is 1. The molecule has 1 heterocycles. The van der Waals surface area contributed by atoms with Crippen molar-refractivity contribution >= 4 is 32.5 Å². The second-order valence-corrected chi connectivity index (χ2v) is 6.39. The largest absolute Gasteiger partial charge is 0.375 e. The molecule has 3 rings (SSSR count). The van der Waals surface area contributed by atoms with Gasteiger partial charge in [-0.1, -0.05) is 36.7 Å². The number of fused-ring (bicyclic) bond motifs is 1. The van der Waals surface area contributed by atoms with Crippen LogP contribution in [0.2, 0.25) is 0 Å². The maximum Gasteiger partial charge on any atom is 0.181 e. The van der Waals surface area contributed by atoms with E-state index in [0.717, 1.165) is 28.6 Å². The van der Waals surface area contributed by atoms with E-state index in [0.29, 0.717) is 17.3 Å². The van der Waals surface area contributed by atoms with Crippen molar-refractivity contribution < 1.29 is 4.79 Å². The molecule has 2 aromatic rings. The van der Waals surface area contributed by atoms with Crippen molar-refractivity contribution in [2.45, 2.75) is 38.5 Å². The van der Waals surface area contributed by atoms with Gasteiger partial charge < -0.3 is 5.73 Å². The first-order chi connectivity index (χ1) is 9.22. The zero-order chi connectivity index (χ0) is 13.2. The number of rotatable bonds is 3. The average Bonchev–Trinajstić information content (AvgIpc) is 2.79. The smallest absolute Gasteiger partial charge is 0.181 e. The number of hydrogen-bond donors (Lipinski definition) is 1. The lowest BCUT2D eigenvalue weighted by atomic mass is 9.84. The Morgan fingerprint density at radius 2 is 2.11 bits per heavy atom. The summed E-state index contributed by atoms with van der Waals surface area (Å²) in [6.45, 7) is 0. The number of nitrogen functional groups attached to an aromatic ring is 1. The Hall–Kier alpha value is -1.42. The third kappa shape index (κ3) is 2.78. The highest BCUT2D eigenvalue weighted by molar-refractivity contribution is 7.22. The van der Waals surface area contributed by atoms with Crippen molar-refractivity contribution in [3.63, 3.8) is 0 Å². The van der Waals surface area contributed by atoms with Crippen LogP contribution in [0.5, 0.6) is 0 Å². The first-order valence-corrected chi connectivity index (χ1v) is 7.72. The van der Waals surface area contributed by atoms with Gasteiger partial charge in [0, 0.05) is 12.3 Å². The second kappa shape index (κ2) is 5.29. The van der Waals surface area contributed by atoms with Gasteiger partial charge in [-0.05, 0) is 30.5 Å². The third-order valence-corrected chi connectivity index (χ3v) is 4.76. The van der Waals surface area contributed by atoms with Crippen molar-refractivity contribution in [3.8, 4) is 0 Å². The molecule has 1 aromatic heterocycles. The number of hydrogen-bond acceptors (Lipinski definition) is 4. The van der Waals surface area contributed by atoms with Crippen molar-refractivity contribution in [1.82, 2.24) is 4.98 Å². The number of nitrogens with zero attached hydrogens (tertiary/aromatic N) is 1. The minimum atomic E-state index is 0.288. The molecule has 0 radical (unpaired) electrons. The van der Waals surface area contributed by atoms with E-state index in [1.165, 1.54) is 30.6 Å². The Balaban J connectivity index is 1.74. The molecular weight excluding hydrogens is 256 g/mol. The van der Waals surface area contributed by atoms with Gasteiger partial charge in [0.1, 0.15) is 5.78 Å². The molecule has 4 heteroatoms. The fraction of sp³-hybridized carbons (Fsp3) is 0.467. The molecule has 2 N–H and O–H groups in total. The molecule has 1 aromatic carbocycles. The Morgan fingerprint density at radius 3 is 2.89 bits per heavy atom. The molecular formula is C15H18N2OS. The lowest BCUT2D eigenvalue weighted by Crippen LogP contribution is -2.19. The predicted molar refractivity (Wildman–Crippen MR) is 79.3 cm³/mol. The van der Waals surface area contributed by atoms with Gasteiger partial charge in [0.2, 0.25) is 0 Å². The highest BCUT2D eigenvalue weighted by atomic mass is 32.1. The molecule has 0 amide bonds. The van der Waals surface area contributed by atoms with Crippen LogP contribution >= 0.6 is 11.3 Å². The van der Waals surface area contributed by atoms with Gasteiger partial charge in [-0.25, -0.2) is 4.98 Å². The van der Waals surface area contributed by atoms with Gasteiger partial charge in [0.05, 0.1) is 10.2 Å². The molecule has 0 saturated heterocycles. The number of carbonyl (C=O) groups is 1. The van der Waals surface area contributed by atoms with E-state index >= 15 is 0 Å². The molecule has 0 bridgehead atoms. The summed E-state index contributed by atoms with van der Waals surface area (Å²) in [5.41, 5.74) is 7.72. The number of nitrogens with two attached hydrogens (primary N) is 1. The van der Waals surface area contributed by atoms with Gasteiger partial charge in [-0.15, -0.1) is 0 Å². The summed E-state index contributed by atoms with van der Waals surface area (Å²) in [5, 5.41) is 0.589. The van der Waals surface area contributed by atoms with Crippen LogP contribution in [-0.2, 0) is 11.2 Å². The monoisotopic (exact) mass is 274 g/mol. The van der Waals surface area contributed by atoms with Crippen molar-refractivity contribution in [2.75, 3.05) is 5.73 Å². The standard InChI is InChI=1S/C15H18N2OS/c16-15-17-12-7-6-10(9-14(12)19-15)8-13(18)11-4-2-1-3-5-11/h6-7,9,11H,1-5,8H2,(H2,16,17). The van der Waals surface area contributed by atoms with E-state index in [4.69, 9.17) is 5.73 Å². The van der Waals surface area contributed by atoms with Gasteiger partial charge in [-0.2, -0.15) is 0 Å². The Bertz CT molecular complexity index is 599. The number of Topliss-reactive ketones (excluding diaryl/α,β-unsaturated/α-hetero) is 1. The lowest BCUT2D eigenvalue weighted by molar-refractivity contribution is -0.123. The van der Waals surface area contributed by atoms with E-state index in [2.05, 4.69) is 11.1 Å². The minimum Gasteiger partial charge on any atom is -0.375 e. The maximum atomic E-state index is 12.3. The van der Waals surface area contributed by atoms with Crippen LogP contribution in [0.25, 0.3) is 10.2 Å². The SMILES string of the molecule is Nc1nc2ccc(CC(=O)C3CCCCC3)cc2s1. The summed E-state index contributed by atoms with van der Waals surface area (Å²) in [6.07, 6.45) is 6.42. The van der Waals surface area contributed by atoms with Crippen LogP contribution in [-0.4, -0.2) is 10.8 Å². The van der Waals surface area contributed by atoms with Crippen LogP contribution < -0.4 is 5.73 Å². The minimum absolute atomic E-state index is 0.288. The normalized spacial score (nSPS) is 16.8. The molecule has 19 heavy (non-hydrogen) atoms. The van der Waals surface area contributed by atoms with Gasteiger partial charge in [0.15, 0.2) is 5.13 Å². The van der Waals surface area contributed by atoms with Gasteiger partial charge in [-0.3, -0.25) is 4.79 Å². The molecule has 1 fully saturated rings. The Labute approximate surface area is 116 Å². The first-order valence-electron chi connectivity index (χ1n) is 6.90. The maximum absolute atomic E-state index is 12.3. The molecule has 1 aliphatic rings. The quantitative estimate of drug-likeness (QED) is 0.931. The second-order valence-electron chi connectivity index (χ2n) is 5.33. The summed E-state index contributed by atoms with van der Waals surface area (Å²) >= 11 is 1.48. The Kier molecular flexibility index (Phi) is 3.51. The molecule has 100 valence electrons. The Morgan fingerprint density at radius 1 is 1.32 bits per heavy atom. The van der Waals surface area contributed by atoms with Gasteiger partial charge >= 0.3 is 0 Å². The molecule has 3 nitrogen and oxygen atoms in total. The zero-order valence-electron chi connectivity index (χ0n) is 10.9. The summed E-state index contributed by atoms with van der Waals surface area (Å²) < 4.78 is 1.08. The summed E-state index contributed by atoms with van der Waals surface area (Å²) in [7, 11) is 0. The zero-order valence-corrected chi connectivity index (χ0v) is 11.7. The highest BCUT2D eigenvalue weighted by Crippen LogP contribution is 2.27. The first kappa shape index (κ1) is 12.6. The molecule has 1 aliphatic carbocycles. The fourth-order valence-electron chi connectivity index (χ4n) is 2.87. The topological polar surface area (TPSA) is 56.0 Å². The summed E-state index contributed by atoms with van der Waals surface area (Å²) in [5.74, 6) is 0.688.